The number of esters is 1. The lowest BCUT2D eigenvalue weighted by Gasteiger charge is -2.27. The van der Waals surface area contributed by atoms with E-state index in [1.54, 1.807) is 37.3 Å². The average molecular weight is 279 g/mol. The molecule has 0 aliphatic heterocycles. The maximum atomic E-state index is 12.0. The monoisotopic (exact) mass is 279 g/mol. The molecule has 0 fully saturated rings. The molecule has 6 heteroatoms. The van der Waals surface area contributed by atoms with Gasteiger partial charge in [0.05, 0.1) is 6.61 Å². The molecule has 0 heterocycles. The lowest BCUT2D eigenvalue weighted by atomic mass is 9.90. The minimum Gasteiger partial charge on any atom is -0.479 e. The van der Waals surface area contributed by atoms with E-state index in [2.05, 4.69) is 5.32 Å². The number of aliphatic carboxylic acids is 1. The van der Waals surface area contributed by atoms with E-state index in [-0.39, 0.29) is 13.0 Å². The van der Waals surface area contributed by atoms with Crippen LogP contribution in [0.5, 0.6) is 0 Å². The Morgan fingerprint density at radius 3 is 2.30 bits per heavy atom. The van der Waals surface area contributed by atoms with Crippen molar-refractivity contribution in [1.82, 2.24) is 5.32 Å². The van der Waals surface area contributed by atoms with Gasteiger partial charge in [0, 0.05) is 13.3 Å². The van der Waals surface area contributed by atoms with Crippen LogP contribution in [0, 0.1) is 0 Å². The van der Waals surface area contributed by atoms with Crippen LogP contribution < -0.4 is 5.32 Å². The van der Waals surface area contributed by atoms with Gasteiger partial charge in [-0.3, -0.25) is 4.79 Å². The molecule has 0 aliphatic carbocycles. The Morgan fingerprint density at radius 1 is 1.25 bits per heavy atom. The first-order valence-electron chi connectivity index (χ1n) is 6.15. The molecule has 0 unspecified atom stereocenters. The topological polar surface area (TPSA) is 92.7 Å². The minimum atomic E-state index is -2.11. The third kappa shape index (κ3) is 3.57. The van der Waals surface area contributed by atoms with E-state index in [4.69, 9.17) is 4.74 Å². The molecule has 0 radical (unpaired) electrons. The van der Waals surface area contributed by atoms with Gasteiger partial charge in [-0.15, -0.1) is 0 Å². The number of amides is 1. The van der Waals surface area contributed by atoms with Crippen LogP contribution in [0.4, 0.5) is 0 Å². The molecule has 1 amide bonds. The van der Waals surface area contributed by atoms with E-state index in [0.717, 1.165) is 6.92 Å². The zero-order valence-corrected chi connectivity index (χ0v) is 11.4. The molecule has 1 aromatic carbocycles. The molecule has 0 saturated heterocycles. The first-order valence-corrected chi connectivity index (χ1v) is 6.15. The fourth-order valence-electron chi connectivity index (χ4n) is 1.84. The zero-order chi connectivity index (χ0) is 15.2. The van der Waals surface area contributed by atoms with E-state index in [9.17, 15) is 19.5 Å². The molecular formula is C14H17NO5. The Labute approximate surface area is 116 Å². The van der Waals surface area contributed by atoms with Crippen LogP contribution in [0.25, 0.3) is 0 Å². The number of carboxylic acids is 1. The molecule has 1 atom stereocenters. The van der Waals surface area contributed by atoms with Gasteiger partial charge in [0.2, 0.25) is 11.4 Å². The highest BCUT2D eigenvalue weighted by molar-refractivity contribution is 6.07. The van der Waals surface area contributed by atoms with Gasteiger partial charge in [0.1, 0.15) is 0 Å². The van der Waals surface area contributed by atoms with Gasteiger partial charge >= 0.3 is 11.9 Å². The summed E-state index contributed by atoms with van der Waals surface area (Å²) < 4.78 is 4.81. The van der Waals surface area contributed by atoms with Crippen molar-refractivity contribution in [2.45, 2.75) is 25.8 Å². The maximum absolute atomic E-state index is 12.0. The molecule has 0 aromatic heterocycles. The number of nitrogens with one attached hydrogen (secondary N) is 1. The summed E-state index contributed by atoms with van der Waals surface area (Å²) in [5.41, 5.74) is -1.50. The quantitative estimate of drug-likeness (QED) is 0.592. The van der Waals surface area contributed by atoms with Gasteiger partial charge in [0.15, 0.2) is 0 Å². The summed E-state index contributed by atoms with van der Waals surface area (Å²) in [6, 6.07) is 8.58. The molecule has 0 spiro atoms. The average Bonchev–Trinajstić information content (AvgIpc) is 2.38. The summed E-state index contributed by atoms with van der Waals surface area (Å²) in [6.07, 6.45) is -0.179. The predicted octanol–water partition coefficient (Wildman–Crippen LogP) is 0.752. The Kier molecular flexibility index (Phi) is 5.25. The molecule has 2 N–H and O–H groups in total. The van der Waals surface area contributed by atoms with Crippen molar-refractivity contribution in [3.05, 3.63) is 35.9 Å². The molecular weight excluding hydrogens is 262 g/mol. The summed E-state index contributed by atoms with van der Waals surface area (Å²) in [4.78, 5) is 34.9. The largest absolute Gasteiger partial charge is 0.479 e. The van der Waals surface area contributed by atoms with E-state index < -0.39 is 23.4 Å². The third-order valence-corrected chi connectivity index (χ3v) is 2.69. The van der Waals surface area contributed by atoms with Gasteiger partial charge in [0.25, 0.3) is 0 Å². The highest BCUT2D eigenvalue weighted by Gasteiger charge is 2.48. The fourth-order valence-corrected chi connectivity index (χ4v) is 1.84. The Balaban J connectivity index is 3.18. The first kappa shape index (κ1) is 15.7. The van der Waals surface area contributed by atoms with Crippen molar-refractivity contribution >= 4 is 17.8 Å². The number of hydrogen-bond acceptors (Lipinski definition) is 4. The molecule has 0 aliphatic rings. The van der Waals surface area contributed by atoms with Crippen molar-refractivity contribution in [3.63, 3.8) is 0 Å². The van der Waals surface area contributed by atoms with E-state index in [1.807, 2.05) is 0 Å². The number of benzene rings is 1. The maximum Gasteiger partial charge on any atom is 0.344 e. The van der Waals surface area contributed by atoms with Crippen LogP contribution in [0.15, 0.2) is 30.3 Å². The fraction of sp³-hybridized carbons (Fsp3) is 0.357. The number of carboxylic acid groups (broad SMARTS) is 1. The number of carbonyl (C=O) groups excluding carboxylic acids is 2. The smallest absolute Gasteiger partial charge is 0.344 e. The van der Waals surface area contributed by atoms with Crippen LogP contribution in [0.2, 0.25) is 0 Å². The number of ether oxygens (including phenoxy) is 1. The highest BCUT2D eigenvalue weighted by atomic mass is 16.5. The number of hydrogen-bond donors (Lipinski definition) is 2. The second-order valence-corrected chi connectivity index (χ2v) is 4.27. The summed E-state index contributed by atoms with van der Waals surface area (Å²) in [7, 11) is 0. The standard InChI is InChI=1S/C14H17NO5/c1-3-20-13(19)14(12(17)18,15-10(2)16)9-11-7-5-4-6-8-11/h4-8H,3,9H2,1-2H3,(H,15,16)(H,17,18)/t14-/m1/s1. The SMILES string of the molecule is CCOC(=O)[C@](Cc1ccccc1)(NC(C)=O)C(=O)O. The van der Waals surface area contributed by atoms with Crippen LogP contribution in [-0.4, -0.2) is 35.1 Å². The van der Waals surface area contributed by atoms with Crippen LogP contribution in [0.3, 0.4) is 0 Å². The number of carbonyl (C=O) groups is 3. The first-order chi connectivity index (χ1) is 9.42. The predicted molar refractivity (Wildman–Crippen MR) is 71.0 cm³/mol. The van der Waals surface area contributed by atoms with Gasteiger partial charge in [-0.1, -0.05) is 30.3 Å². The molecule has 0 bridgehead atoms. The normalized spacial score (nSPS) is 13.1. The summed E-state index contributed by atoms with van der Waals surface area (Å²) >= 11 is 0. The lowest BCUT2D eigenvalue weighted by molar-refractivity contribution is -0.164. The van der Waals surface area contributed by atoms with E-state index in [0.29, 0.717) is 5.56 Å². The molecule has 108 valence electrons. The van der Waals surface area contributed by atoms with Crippen molar-refractivity contribution in [2.75, 3.05) is 6.61 Å². The van der Waals surface area contributed by atoms with Crippen LogP contribution in [-0.2, 0) is 25.5 Å². The Morgan fingerprint density at radius 2 is 1.85 bits per heavy atom. The molecule has 6 nitrogen and oxygen atoms in total. The highest BCUT2D eigenvalue weighted by Crippen LogP contribution is 2.17. The zero-order valence-electron chi connectivity index (χ0n) is 11.4. The van der Waals surface area contributed by atoms with Gasteiger partial charge in [-0.05, 0) is 12.5 Å². The van der Waals surface area contributed by atoms with Crippen molar-refractivity contribution < 1.29 is 24.2 Å². The molecule has 0 saturated carbocycles. The van der Waals surface area contributed by atoms with Gasteiger partial charge in [-0.25, -0.2) is 9.59 Å². The molecule has 1 rings (SSSR count). The Hall–Kier alpha value is -2.37. The van der Waals surface area contributed by atoms with Crippen LogP contribution >= 0.6 is 0 Å². The van der Waals surface area contributed by atoms with Crippen LogP contribution in [0.1, 0.15) is 19.4 Å². The molecule has 20 heavy (non-hydrogen) atoms. The lowest BCUT2D eigenvalue weighted by Crippen LogP contribution is -2.61. The second kappa shape index (κ2) is 6.70. The Bertz CT molecular complexity index is 500. The van der Waals surface area contributed by atoms with E-state index in [1.165, 1.54) is 0 Å². The summed E-state index contributed by atoms with van der Waals surface area (Å²) in [6.45, 7) is 2.75. The van der Waals surface area contributed by atoms with E-state index >= 15 is 0 Å². The number of rotatable bonds is 6. The summed E-state index contributed by atoms with van der Waals surface area (Å²) in [5.74, 6) is -3.04. The summed E-state index contributed by atoms with van der Waals surface area (Å²) in [5, 5.41) is 11.6. The van der Waals surface area contributed by atoms with Crippen molar-refractivity contribution in [3.8, 4) is 0 Å². The molecule has 1 aromatic rings. The van der Waals surface area contributed by atoms with Crippen molar-refractivity contribution in [2.24, 2.45) is 0 Å². The second-order valence-electron chi connectivity index (χ2n) is 4.27. The minimum absolute atomic E-state index is 0.0300. The van der Waals surface area contributed by atoms with Crippen molar-refractivity contribution in [1.29, 1.82) is 0 Å². The van der Waals surface area contributed by atoms with Gasteiger partial charge < -0.3 is 15.2 Å². The third-order valence-electron chi connectivity index (χ3n) is 2.69. The van der Waals surface area contributed by atoms with Gasteiger partial charge in [-0.2, -0.15) is 0 Å².